The second-order valence-corrected chi connectivity index (χ2v) is 7.45. The van der Waals surface area contributed by atoms with Crippen molar-refractivity contribution in [2.24, 2.45) is 0 Å². The Labute approximate surface area is 190 Å². The molecule has 0 aliphatic heterocycles. The predicted molar refractivity (Wildman–Crippen MR) is 130 cm³/mol. The van der Waals surface area contributed by atoms with Crippen LogP contribution in [0.3, 0.4) is 0 Å². The maximum atomic E-state index is 12.4. The van der Waals surface area contributed by atoms with Crippen LogP contribution in [0, 0.1) is 6.92 Å². The Morgan fingerprint density at radius 2 is 1.52 bits per heavy atom. The zero-order valence-electron chi connectivity index (χ0n) is 17.9. The number of nitrogens with one attached hydrogen (secondary N) is 3. The van der Waals surface area contributed by atoms with Crippen molar-refractivity contribution >= 4 is 39.7 Å². The summed E-state index contributed by atoms with van der Waals surface area (Å²) in [4.78, 5) is 25.2. The fraction of sp³-hybridized carbons (Fsp3) is 0.0400. The average Bonchev–Trinajstić information content (AvgIpc) is 3.26. The standard InChI is InChI=1S/C25H21N7O/c1-17-26-12-13-32(17)24-15-23(27-16-28-24)29-20-8-10-21(11-9-20)30-25(33)31-22-7-6-18-4-2-3-5-19(18)14-22/h2-16H,1H3,(H,27,28,29)(H2,30,31,33). The molecule has 5 rings (SSSR count). The van der Waals surface area contributed by atoms with E-state index in [2.05, 4.69) is 30.9 Å². The lowest BCUT2D eigenvalue weighted by molar-refractivity contribution is 0.262. The molecule has 33 heavy (non-hydrogen) atoms. The van der Waals surface area contributed by atoms with Gasteiger partial charge in [0.15, 0.2) is 0 Å². The molecule has 2 heterocycles. The normalized spacial score (nSPS) is 10.7. The van der Waals surface area contributed by atoms with Gasteiger partial charge in [-0.1, -0.05) is 30.3 Å². The van der Waals surface area contributed by atoms with Crippen molar-refractivity contribution in [1.82, 2.24) is 19.5 Å². The summed E-state index contributed by atoms with van der Waals surface area (Å²) >= 11 is 0. The molecule has 0 spiro atoms. The second-order valence-electron chi connectivity index (χ2n) is 7.45. The van der Waals surface area contributed by atoms with E-state index < -0.39 is 0 Å². The maximum Gasteiger partial charge on any atom is 0.323 e. The number of anilines is 4. The lowest BCUT2D eigenvalue weighted by atomic mass is 10.1. The average molecular weight is 435 g/mol. The van der Waals surface area contributed by atoms with Gasteiger partial charge in [0.2, 0.25) is 0 Å². The van der Waals surface area contributed by atoms with Gasteiger partial charge in [0, 0.05) is 35.5 Å². The molecule has 162 valence electrons. The molecule has 5 aromatic rings. The van der Waals surface area contributed by atoms with E-state index in [4.69, 9.17) is 0 Å². The molecule has 0 saturated heterocycles. The SMILES string of the molecule is Cc1nccn1-c1cc(Nc2ccc(NC(=O)Nc3ccc4ccccc4c3)cc2)ncn1. The Morgan fingerprint density at radius 1 is 0.788 bits per heavy atom. The van der Waals surface area contributed by atoms with Crippen molar-refractivity contribution in [3.05, 3.63) is 97.3 Å². The molecule has 3 aromatic carbocycles. The molecule has 8 nitrogen and oxygen atoms in total. The molecule has 0 unspecified atom stereocenters. The first kappa shape index (κ1) is 20.2. The van der Waals surface area contributed by atoms with Crippen LogP contribution in [0.5, 0.6) is 0 Å². The van der Waals surface area contributed by atoms with E-state index in [9.17, 15) is 4.79 Å². The highest BCUT2D eigenvalue weighted by Gasteiger charge is 2.06. The van der Waals surface area contributed by atoms with E-state index in [-0.39, 0.29) is 6.03 Å². The quantitative estimate of drug-likeness (QED) is 0.338. The predicted octanol–water partition coefficient (Wildman–Crippen LogP) is 5.51. The van der Waals surface area contributed by atoms with Gasteiger partial charge in [-0.05, 0) is 54.1 Å². The van der Waals surface area contributed by atoms with Gasteiger partial charge < -0.3 is 16.0 Å². The summed E-state index contributed by atoms with van der Waals surface area (Å²) in [6, 6.07) is 22.8. The minimum Gasteiger partial charge on any atom is -0.340 e. The molecule has 2 amide bonds. The lowest BCUT2D eigenvalue weighted by Gasteiger charge is -2.11. The number of hydrogen-bond acceptors (Lipinski definition) is 5. The van der Waals surface area contributed by atoms with Crippen LogP contribution in [0.4, 0.5) is 27.7 Å². The van der Waals surface area contributed by atoms with Gasteiger partial charge in [-0.3, -0.25) is 4.57 Å². The molecule has 0 bridgehead atoms. The van der Waals surface area contributed by atoms with Gasteiger partial charge in [0.05, 0.1) is 0 Å². The third kappa shape index (κ3) is 4.64. The summed E-state index contributed by atoms with van der Waals surface area (Å²) in [5, 5.41) is 11.2. The van der Waals surface area contributed by atoms with Crippen LogP contribution < -0.4 is 16.0 Å². The summed E-state index contributed by atoms with van der Waals surface area (Å²) in [6.45, 7) is 1.91. The van der Waals surface area contributed by atoms with Crippen molar-refractivity contribution in [3.63, 3.8) is 0 Å². The summed E-state index contributed by atoms with van der Waals surface area (Å²) < 4.78 is 1.88. The van der Waals surface area contributed by atoms with Crippen LogP contribution in [0.1, 0.15) is 5.82 Å². The van der Waals surface area contributed by atoms with Gasteiger partial charge in [0.1, 0.15) is 23.8 Å². The summed E-state index contributed by atoms with van der Waals surface area (Å²) in [5.74, 6) is 2.23. The van der Waals surface area contributed by atoms with Gasteiger partial charge >= 0.3 is 6.03 Å². The summed E-state index contributed by atoms with van der Waals surface area (Å²) in [6.07, 6.45) is 5.08. The van der Waals surface area contributed by atoms with E-state index in [0.29, 0.717) is 11.5 Å². The highest BCUT2D eigenvalue weighted by atomic mass is 16.2. The lowest BCUT2D eigenvalue weighted by Crippen LogP contribution is -2.19. The number of hydrogen-bond donors (Lipinski definition) is 3. The third-order valence-electron chi connectivity index (χ3n) is 5.15. The minimum absolute atomic E-state index is 0.304. The number of aryl methyl sites for hydroxylation is 1. The van der Waals surface area contributed by atoms with Crippen molar-refractivity contribution in [1.29, 1.82) is 0 Å². The van der Waals surface area contributed by atoms with E-state index >= 15 is 0 Å². The first-order valence-corrected chi connectivity index (χ1v) is 10.4. The molecule has 2 aromatic heterocycles. The van der Waals surface area contributed by atoms with E-state index in [1.807, 2.05) is 90.5 Å². The highest BCUT2D eigenvalue weighted by molar-refractivity contribution is 6.01. The van der Waals surface area contributed by atoms with Crippen LogP contribution in [-0.4, -0.2) is 25.6 Å². The van der Waals surface area contributed by atoms with Crippen molar-refractivity contribution in [2.45, 2.75) is 6.92 Å². The number of amides is 2. The van der Waals surface area contributed by atoms with Crippen LogP contribution in [0.25, 0.3) is 16.6 Å². The topological polar surface area (TPSA) is 96.8 Å². The van der Waals surface area contributed by atoms with Crippen molar-refractivity contribution in [2.75, 3.05) is 16.0 Å². The van der Waals surface area contributed by atoms with Gasteiger partial charge in [0.25, 0.3) is 0 Å². The largest absolute Gasteiger partial charge is 0.340 e. The number of carbonyl (C=O) groups is 1. The molecule has 0 atom stereocenters. The molecular weight excluding hydrogens is 414 g/mol. The minimum atomic E-state index is -0.304. The number of urea groups is 1. The molecule has 0 saturated carbocycles. The highest BCUT2D eigenvalue weighted by Crippen LogP contribution is 2.21. The number of benzene rings is 3. The monoisotopic (exact) mass is 435 g/mol. The number of nitrogens with zero attached hydrogens (tertiary/aromatic N) is 4. The Morgan fingerprint density at radius 3 is 2.30 bits per heavy atom. The molecule has 0 aliphatic rings. The van der Waals surface area contributed by atoms with E-state index in [1.165, 1.54) is 6.33 Å². The van der Waals surface area contributed by atoms with Gasteiger partial charge in [-0.2, -0.15) is 0 Å². The number of aromatic nitrogens is 4. The molecular formula is C25H21N7O. The number of imidazole rings is 1. The summed E-state index contributed by atoms with van der Waals surface area (Å²) in [7, 11) is 0. The Bertz CT molecular complexity index is 1430. The Hall–Kier alpha value is -4.72. The third-order valence-corrected chi connectivity index (χ3v) is 5.15. The van der Waals surface area contributed by atoms with E-state index in [1.54, 1.807) is 6.20 Å². The van der Waals surface area contributed by atoms with Crippen LogP contribution >= 0.6 is 0 Å². The first-order valence-electron chi connectivity index (χ1n) is 10.4. The summed E-state index contributed by atoms with van der Waals surface area (Å²) in [5.41, 5.74) is 2.25. The van der Waals surface area contributed by atoms with Crippen LogP contribution in [0.15, 0.2) is 91.5 Å². The van der Waals surface area contributed by atoms with Crippen molar-refractivity contribution in [3.8, 4) is 5.82 Å². The molecule has 8 heteroatoms. The van der Waals surface area contributed by atoms with E-state index in [0.717, 1.165) is 33.8 Å². The first-order chi connectivity index (χ1) is 16.1. The van der Waals surface area contributed by atoms with Crippen LogP contribution in [-0.2, 0) is 0 Å². The van der Waals surface area contributed by atoms with Gasteiger partial charge in [-0.25, -0.2) is 19.7 Å². The number of fused-ring (bicyclic) bond motifs is 1. The zero-order chi connectivity index (χ0) is 22.6. The number of carbonyl (C=O) groups excluding carboxylic acids is 1. The molecule has 0 radical (unpaired) electrons. The fourth-order valence-corrected chi connectivity index (χ4v) is 3.51. The van der Waals surface area contributed by atoms with Gasteiger partial charge in [-0.15, -0.1) is 0 Å². The van der Waals surface area contributed by atoms with Crippen molar-refractivity contribution < 1.29 is 4.79 Å². The number of rotatable bonds is 5. The molecule has 0 aliphatic carbocycles. The fourth-order valence-electron chi connectivity index (χ4n) is 3.51. The molecule has 3 N–H and O–H groups in total. The second kappa shape index (κ2) is 8.80. The zero-order valence-corrected chi connectivity index (χ0v) is 17.9. The van der Waals surface area contributed by atoms with Crippen LogP contribution in [0.2, 0.25) is 0 Å². The maximum absolute atomic E-state index is 12.4. The Kier molecular flexibility index (Phi) is 5.38. The molecule has 0 fully saturated rings. The Balaban J connectivity index is 1.22. The smallest absolute Gasteiger partial charge is 0.323 e.